The molecule has 0 heterocycles. The molecule has 2 aromatic carbocycles. The summed E-state index contributed by atoms with van der Waals surface area (Å²) in [5.41, 5.74) is 1.04. The van der Waals surface area contributed by atoms with Crippen LogP contribution in [-0.4, -0.2) is 6.10 Å². The minimum absolute atomic E-state index is 0.0419. The monoisotopic (exact) mass is 382 g/mol. The highest BCUT2D eigenvalue weighted by Gasteiger charge is 2.36. The first-order chi connectivity index (χ1) is 13.0. The summed E-state index contributed by atoms with van der Waals surface area (Å²) in [6, 6.07) is 19.7. The van der Waals surface area contributed by atoms with Crippen molar-refractivity contribution in [2.24, 2.45) is 17.8 Å². The van der Waals surface area contributed by atoms with Crippen molar-refractivity contribution in [1.82, 2.24) is 0 Å². The van der Waals surface area contributed by atoms with E-state index in [4.69, 9.17) is 4.52 Å². The van der Waals surface area contributed by atoms with Crippen molar-refractivity contribution in [3.63, 3.8) is 0 Å². The molecule has 2 aromatic rings. The van der Waals surface area contributed by atoms with E-state index in [-0.39, 0.29) is 6.10 Å². The fourth-order valence-electron chi connectivity index (χ4n) is 4.00. The zero-order chi connectivity index (χ0) is 19.3. The Hall–Kier alpha value is -1.63. The predicted octanol–water partition coefficient (Wildman–Crippen LogP) is 6.74. The lowest BCUT2D eigenvalue weighted by Crippen LogP contribution is -2.34. The van der Waals surface area contributed by atoms with Gasteiger partial charge in [-0.3, -0.25) is 4.57 Å². The van der Waals surface area contributed by atoms with Gasteiger partial charge in [-0.1, -0.05) is 75.7 Å². The highest BCUT2D eigenvalue weighted by atomic mass is 31.2. The Labute approximate surface area is 164 Å². The Morgan fingerprint density at radius 1 is 1.00 bits per heavy atom. The van der Waals surface area contributed by atoms with Gasteiger partial charge < -0.3 is 4.52 Å². The molecule has 0 N–H and O–H groups in total. The Morgan fingerprint density at radius 3 is 2.26 bits per heavy atom. The van der Waals surface area contributed by atoms with E-state index in [2.05, 4.69) is 20.8 Å². The Bertz CT molecular complexity index is 783. The van der Waals surface area contributed by atoms with Crippen LogP contribution in [-0.2, 0) is 9.09 Å². The molecule has 0 amide bonds. The average Bonchev–Trinajstić information content (AvgIpc) is 2.68. The van der Waals surface area contributed by atoms with E-state index in [9.17, 15) is 4.57 Å². The van der Waals surface area contributed by atoms with Gasteiger partial charge in [0, 0.05) is 11.1 Å². The summed E-state index contributed by atoms with van der Waals surface area (Å²) in [7, 11) is -3.09. The lowest BCUT2D eigenvalue weighted by molar-refractivity contribution is 0.0512. The number of rotatable bonds is 6. The highest BCUT2D eigenvalue weighted by Crippen LogP contribution is 2.52. The molecule has 3 heteroatoms. The summed E-state index contributed by atoms with van der Waals surface area (Å²) < 4.78 is 20.5. The van der Waals surface area contributed by atoms with Gasteiger partial charge in [-0.2, -0.15) is 0 Å². The molecular weight excluding hydrogens is 351 g/mol. The number of hydrogen-bond acceptors (Lipinski definition) is 2. The maximum atomic E-state index is 14.0. The van der Waals surface area contributed by atoms with Gasteiger partial charge in [0.1, 0.15) is 0 Å². The lowest BCUT2D eigenvalue weighted by atomic mass is 9.75. The molecule has 0 radical (unpaired) electrons. The quantitative estimate of drug-likeness (QED) is 0.517. The maximum absolute atomic E-state index is 14.0. The van der Waals surface area contributed by atoms with E-state index >= 15 is 0 Å². The van der Waals surface area contributed by atoms with E-state index in [1.165, 1.54) is 6.42 Å². The van der Waals surface area contributed by atoms with Gasteiger partial charge in [-0.05, 0) is 54.4 Å². The SMILES string of the molecule is CC(C)[C@@H]1CC[C@@H](C)C[C@H]1OP(=O)(/C=C/c1ccccc1)c1ccccc1. The summed E-state index contributed by atoms with van der Waals surface area (Å²) in [4.78, 5) is 0. The molecule has 1 saturated carbocycles. The van der Waals surface area contributed by atoms with Gasteiger partial charge in [-0.15, -0.1) is 0 Å². The second kappa shape index (κ2) is 9.04. The van der Waals surface area contributed by atoms with Gasteiger partial charge >= 0.3 is 0 Å². The third kappa shape index (κ3) is 5.21. The van der Waals surface area contributed by atoms with E-state index < -0.39 is 7.37 Å². The standard InChI is InChI=1S/C24H31O2P/c1-19(2)23-15-14-20(3)18-24(23)26-27(25,22-12-8-5-9-13-22)17-16-21-10-6-4-7-11-21/h4-13,16-17,19-20,23-24H,14-15,18H2,1-3H3/b17-16+/t20-,23+,24-,27?/m1/s1. The van der Waals surface area contributed by atoms with Crippen molar-refractivity contribution in [3.8, 4) is 0 Å². The molecule has 0 spiro atoms. The van der Waals surface area contributed by atoms with Crippen molar-refractivity contribution in [2.45, 2.75) is 46.1 Å². The third-order valence-corrected chi connectivity index (χ3v) is 7.78. The summed E-state index contributed by atoms with van der Waals surface area (Å²) in [6.07, 6.45) is 5.35. The van der Waals surface area contributed by atoms with Crippen LogP contribution in [0.3, 0.4) is 0 Å². The molecular formula is C24H31O2P. The van der Waals surface area contributed by atoms with Crippen molar-refractivity contribution >= 4 is 18.7 Å². The average molecular weight is 382 g/mol. The molecule has 27 heavy (non-hydrogen) atoms. The predicted molar refractivity (Wildman–Crippen MR) is 115 cm³/mol. The van der Waals surface area contributed by atoms with Crippen LogP contribution < -0.4 is 5.30 Å². The first-order valence-electron chi connectivity index (χ1n) is 10.1. The Kier molecular flexibility index (Phi) is 6.73. The van der Waals surface area contributed by atoms with E-state index in [1.54, 1.807) is 5.82 Å². The lowest BCUT2D eigenvalue weighted by Gasteiger charge is -2.38. The van der Waals surface area contributed by atoms with Gasteiger partial charge in [0.05, 0.1) is 6.10 Å². The minimum atomic E-state index is -3.09. The Morgan fingerprint density at radius 2 is 1.63 bits per heavy atom. The topological polar surface area (TPSA) is 26.3 Å². The molecule has 144 valence electrons. The van der Waals surface area contributed by atoms with Gasteiger partial charge in [0.2, 0.25) is 0 Å². The second-order valence-corrected chi connectivity index (χ2v) is 10.3. The van der Waals surface area contributed by atoms with Crippen molar-refractivity contribution in [1.29, 1.82) is 0 Å². The molecule has 0 aromatic heterocycles. The smallest absolute Gasteiger partial charge is 0.254 e. The first-order valence-corrected chi connectivity index (χ1v) is 11.8. The molecule has 0 aliphatic heterocycles. The first kappa shape index (κ1) is 20.1. The molecule has 1 fully saturated rings. The molecule has 4 atom stereocenters. The van der Waals surface area contributed by atoms with Gasteiger partial charge in [0.25, 0.3) is 7.37 Å². The molecule has 2 nitrogen and oxygen atoms in total. The fourth-order valence-corrected chi connectivity index (χ4v) is 5.97. The summed E-state index contributed by atoms with van der Waals surface area (Å²) in [6.45, 7) is 6.79. The normalized spacial score (nSPS) is 25.6. The van der Waals surface area contributed by atoms with Crippen LogP contribution in [0, 0.1) is 17.8 Å². The summed E-state index contributed by atoms with van der Waals surface area (Å²) >= 11 is 0. The van der Waals surface area contributed by atoms with Crippen LogP contribution in [0.5, 0.6) is 0 Å². The van der Waals surface area contributed by atoms with Crippen molar-refractivity contribution in [3.05, 3.63) is 72.0 Å². The van der Waals surface area contributed by atoms with Gasteiger partial charge in [0.15, 0.2) is 0 Å². The molecule has 1 unspecified atom stereocenters. The van der Waals surface area contributed by atoms with Crippen LogP contribution in [0.25, 0.3) is 6.08 Å². The fraction of sp³-hybridized carbons (Fsp3) is 0.417. The van der Waals surface area contributed by atoms with Crippen LogP contribution >= 0.6 is 7.37 Å². The van der Waals surface area contributed by atoms with Crippen LogP contribution in [0.15, 0.2) is 66.5 Å². The number of hydrogen-bond donors (Lipinski definition) is 0. The van der Waals surface area contributed by atoms with Crippen molar-refractivity contribution < 1.29 is 9.09 Å². The molecule has 0 saturated heterocycles. The van der Waals surface area contributed by atoms with E-state index in [0.29, 0.717) is 17.8 Å². The minimum Gasteiger partial charge on any atom is -0.319 e. The molecule has 1 aliphatic carbocycles. The van der Waals surface area contributed by atoms with Crippen molar-refractivity contribution in [2.75, 3.05) is 0 Å². The summed E-state index contributed by atoms with van der Waals surface area (Å²) in [5, 5.41) is 0.776. The van der Waals surface area contributed by atoms with Gasteiger partial charge in [-0.25, -0.2) is 0 Å². The summed E-state index contributed by atoms with van der Waals surface area (Å²) in [5.74, 6) is 3.41. The zero-order valence-electron chi connectivity index (χ0n) is 16.6. The largest absolute Gasteiger partial charge is 0.319 e. The molecule has 0 bridgehead atoms. The zero-order valence-corrected chi connectivity index (χ0v) is 17.5. The van der Waals surface area contributed by atoms with E-state index in [0.717, 1.165) is 23.7 Å². The number of benzene rings is 2. The van der Waals surface area contributed by atoms with Crippen LogP contribution in [0.1, 0.15) is 45.6 Å². The third-order valence-electron chi connectivity index (χ3n) is 5.63. The Balaban J connectivity index is 1.92. The van der Waals surface area contributed by atoms with Crippen LogP contribution in [0.4, 0.5) is 0 Å². The second-order valence-electron chi connectivity index (χ2n) is 8.13. The van der Waals surface area contributed by atoms with E-state index in [1.807, 2.05) is 66.7 Å². The highest BCUT2D eigenvalue weighted by molar-refractivity contribution is 7.70. The molecule has 3 rings (SSSR count). The molecule has 1 aliphatic rings. The maximum Gasteiger partial charge on any atom is 0.254 e. The van der Waals surface area contributed by atoms with Crippen LogP contribution in [0.2, 0.25) is 0 Å².